The molecule has 0 saturated carbocycles. The number of ketones is 3. The maximum atomic E-state index is 13.8. The van der Waals surface area contributed by atoms with Gasteiger partial charge < -0.3 is 42.6 Å². The number of hydrogen-bond acceptors (Lipinski definition) is 32. The van der Waals surface area contributed by atoms with Crippen LogP contribution in [0.2, 0.25) is 0 Å². The number of carbonyl (C=O) groups excluding carboxylic acids is 3. The third-order valence-corrected chi connectivity index (χ3v) is 26.5. The molecule has 16 aromatic carbocycles. The number of nitriles is 2. The molecule has 0 radical (unpaired) electrons. The molecule has 0 aliphatic carbocycles. The lowest BCUT2D eigenvalue weighted by molar-refractivity contribution is -0.432. The molecule has 0 spiro atoms. The number of carbonyl (C=O) groups is 3. The molecule has 16 rings (SSSR count). The maximum absolute atomic E-state index is 13.8. The lowest BCUT2D eigenvalue weighted by Gasteiger charge is -2.13. The molecule has 0 aliphatic heterocycles. The summed E-state index contributed by atoms with van der Waals surface area (Å²) < 4.78 is 170. The summed E-state index contributed by atoms with van der Waals surface area (Å²) in [5.41, 5.74) is 9.73. The van der Waals surface area contributed by atoms with E-state index in [-0.39, 0.29) is 89.0 Å². The van der Waals surface area contributed by atoms with Crippen LogP contribution in [-0.2, 0) is 71.3 Å². The Morgan fingerprint density at radius 3 is 0.841 bits per heavy atom. The zero-order chi connectivity index (χ0) is 102. The van der Waals surface area contributed by atoms with Crippen molar-refractivity contribution in [2.45, 2.75) is 56.1 Å². The summed E-state index contributed by atoms with van der Waals surface area (Å²) in [6.45, 7) is 3.61. The lowest BCUT2D eigenvalue weighted by atomic mass is 10.0. The Bertz CT molecular complexity index is 7920. The van der Waals surface area contributed by atoms with Crippen molar-refractivity contribution in [3.8, 4) is 126 Å². The van der Waals surface area contributed by atoms with E-state index in [4.69, 9.17) is 58.4 Å². The van der Waals surface area contributed by atoms with Crippen LogP contribution in [0.25, 0.3) is 22.3 Å². The quantitative estimate of drug-likeness (QED) is 0.00683. The molecule has 0 amide bonds. The number of hydrogen-bond donors (Lipinski definition) is 6. The first-order valence-electron chi connectivity index (χ1n) is 42.9. The molecule has 32 nitrogen and oxygen atoms in total. The van der Waals surface area contributed by atoms with E-state index in [0.717, 1.165) is 74.0 Å². The van der Waals surface area contributed by atoms with Gasteiger partial charge in [-0.25, -0.2) is 15.8 Å². The molecule has 38 heteroatoms. The van der Waals surface area contributed by atoms with Crippen LogP contribution in [0.3, 0.4) is 0 Å². The van der Waals surface area contributed by atoms with Crippen molar-refractivity contribution >= 4 is 83.8 Å². The van der Waals surface area contributed by atoms with Gasteiger partial charge in [-0.05, 0) is 295 Å². The van der Waals surface area contributed by atoms with E-state index in [1.54, 1.807) is 117 Å². The molecule has 732 valence electrons. The minimum absolute atomic E-state index is 0.0389. The van der Waals surface area contributed by atoms with Gasteiger partial charge in [0.1, 0.15) is 124 Å². The molecule has 0 unspecified atom stereocenters. The highest BCUT2D eigenvalue weighted by molar-refractivity contribution is 7.95. The van der Waals surface area contributed by atoms with Crippen molar-refractivity contribution in [1.82, 2.24) is 0 Å². The smallest absolute Gasteiger partial charge is 0.298 e. The molecule has 0 aliphatic rings. The van der Waals surface area contributed by atoms with E-state index in [9.17, 15) is 63.8 Å². The monoisotopic (exact) mass is 2060 g/mol. The van der Waals surface area contributed by atoms with E-state index < -0.39 is 62.4 Å². The number of methoxy groups -OCH3 is 2. The van der Waals surface area contributed by atoms with Crippen LogP contribution in [0.15, 0.2) is 369 Å². The molecular weight excluding hydrogens is 1990 g/mol. The van der Waals surface area contributed by atoms with Crippen molar-refractivity contribution in [2.24, 2.45) is 0 Å². The summed E-state index contributed by atoms with van der Waals surface area (Å²) in [7, 11) is -11.6. The zero-order valence-electron chi connectivity index (χ0n) is 76.1. The third kappa shape index (κ3) is 26.7. The van der Waals surface area contributed by atoms with Gasteiger partial charge in [0.15, 0.2) is 17.3 Å². The summed E-state index contributed by atoms with van der Waals surface area (Å²) in [6.07, 6.45) is 1.20. The van der Waals surface area contributed by atoms with Gasteiger partial charge in [-0.2, -0.15) is 35.8 Å². The van der Waals surface area contributed by atoms with Crippen LogP contribution in [0.1, 0.15) is 92.3 Å². The Balaban J connectivity index is 0.000000218. The van der Waals surface area contributed by atoms with Crippen LogP contribution in [-0.4, -0.2) is 86.3 Å². The number of aryl methyl sites for hydroxylation is 2. The van der Waals surface area contributed by atoms with Gasteiger partial charge in [0.2, 0.25) is 0 Å². The normalized spacial score (nSPS) is 11.2. The predicted molar refractivity (Wildman–Crippen MR) is 531 cm³/mol. The first-order valence-corrected chi connectivity index (χ1v) is 49.4. The van der Waals surface area contributed by atoms with E-state index in [2.05, 4.69) is 40.3 Å². The summed E-state index contributed by atoms with van der Waals surface area (Å²) in [6, 6.07) is 96.9. The minimum Gasteiger partial charge on any atom is -0.497 e. The fourth-order valence-corrected chi connectivity index (χ4v) is 18.0. The molecular formula is C107H78N2O30S6. The molecule has 16 aromatic rings. The Morgan fingerprint density at radius 1 is 0.276 bits per heavy atom. The predicted octanol–water partition coefficient (Wildman–Crippen LogP) is 25.5. The molecule has 0 fully saturated rings. The Morgan fingerprint density at radius 2 is 0.531 bits per heavy atom. The van der Waals surface area contributed by atoms with Crippen LogP contribution in [0, 0.1) is 36.5 Å². The average molecular weight is 2060 g/mol. The highest BCUT2D eigenvalue weighted by Crippen LogP contribution is 2.43. The molecule has 0 atom stereocenters. The second-order valence-electron chi connectivity index (χ2n) is 31.3. The van der Waals surface area contributed by atoms with Crippen LogP contribution < -0.4 is 42.6 Å². The Kier molecular flexibility index (Phi) is 33.8. The van der Waals surface area contributed by atoms with E-state index in [0.29, 0.717) is 111 Å². The first-order chi connectivity index (χ1) is 69.9. The van der Waals surface area contributed by atoms with Crippen LogP contribution in [0.5, 0.6) is 92.0 Å². The first kappa shape index (κ1) is 103. The van der Waals surface area contributed by atoms with Crippen molar-refractivity contribution in [3.05, 3.63) is 418 Å². The standard InChI is InChI=1S/C54H38N2O12S2.C53H40O18S4/c1-34-5-3-6-47(45(34)32-55)63-43-23-13-37(14-24-43)38-15-25-44(26-16-38)65-49-8-4-7-48(46(49)33-56)64-41-19-9-35(10-20-41)29-36-11-21-42(22-12-36)66-50-27-17-39(30-52(50)69-68-67-58)54(57)40-18-28-51(62-2)53(31-40)70(59,60)61;1-32-3-8-37(28-48(32)72-70-68-56)52(54)39-14-26-47(51(30-39)75(61,62)63)67-44-22-11-36(12-23-44)35-9-20-43(21-10-35)65-45-24-13-38(29-49(45)73-71-69-57)53(55)40-15-25-46(50(31-40)74(58,59)60)66-42-18-6-34(7-19-42)27-33-4-16-41(64-2)17-5-33/h3-28,30-31,58H,29H2,1-2H3,(H,59,60,61);3-26,28-31,56-57H,27H2,1-2H3,(H,58,59,60)(H,61,62,63). The lowest BCUT2D eigenvalue weighted by Crippen LogP contribution is -2.07. The number of rotatable bonds is 40. The van der Waals surface area contributed by atoms with Crippen LogP contribution in [0.4, 0.5) is 0 Å². The fourth-order valence-electron chi connectivity index (χ4n) is 14.6. The van der Waals surface area contributed by atoms with Crippen molar-refractivity contribution < 1.29 is 140 Å². The molecule has 145 heavy (non-hydrogen) atoms. The fraction of sp³-hybridized carbons (Fsp3) is 0.0561. The van der Waals surface area contributed by atoms with E-state index in [1.165, 1.54) is 92.0 Å². The van der Waals surface area contributed by atoms with E-state index >= 15 is 0 Å². The van der Waals surface area contributed by atoms with Gasteiger partial charge in [0.05, 0.1) is 65.7 Å². The van der Waals surface area contributed by atoms with Crippen LogP contribution >= 0.6 is 36.1 Å². The second kappa shape index (κ2) is 47.3. The topological polar surface area (TPSA) is 461 Å². The minimum atomic E-state index is -4.89. The second-order valence-corrected chi connectivity index (χ2v) is 37.7. The average Bonchev–Trinajstić information content (AvgIpc) is 0.801. The maximum Gasteiger partial charge on any atom is 0.298 e. The van der Waals surface area contributed by atoms with Gasteiger partial charge in [-0.3, -0.25) is 28.0 Å². The molecule has 0 heterocycles. The highest BCUT2D eigenvalue weighted by Gasteiger charge is 2.28. The Labute approximate surface area is 842 Å². The largest absolute Gasteiger partial charge is 0.497 e. The number of nitrogens with zero attached hydrogens (tertiary/aromatic N) is 2. The summed E-state index contributed by atoms with van der Waals surface area (Å²) in [5, 5.41) is 57.2. The number of benzene rings is 16. The van der Waals surface area contributed by atoms with Gasteiger partial charge in [0.25, 0.3) is 30.4 Å². The third-order valence-electron chi connectivity index (χ3n) is 21.9. The SMILES string of the molecule is COc1ccc(C(=O)c2ccc(Oc3ccc(Cc4ccc(Oc5cccc(Oc6ccc(-c7ccc(Oc8cccc(C)c8C#N)cc7)cc6)c5C#N)cc4)cc3)c(SOOO)c2)cc1S(=O)(=O)O.COc1ccc(Cc2ccc(Oc3ccc(C(=O)c4ccc(Oc5ccc(-c6ccc(Oc7ccc(C(=O)c8ccc(C)c(SOOO)c8)cc7S(=O)(=O)O)cc6)cc5)c(SOOO)c4)cc3S(=O)(=O)O)cc2)cc1. The van der Waals surface area contributed by atoms with E-state index in [1.807, 2.05) is 140 Å². The highest BCUT2D eigenvalue weighted by atomic mass is 32.2. The Hall–Kier alpha value is -15.9. The van der Waals surface area contributed by atoms with Gasteiger partial charge in [0, 0.05) is 38.3 Å². The molecule has 0 bridgehead atoms. The van der Waals surface area contributed by atoms with Crippen molar-refractivity contribution in [1.29, 1.82) is 10.5 Å². The van der Waals surface area contributed by atoms with Crippen molar-refractivity contribution in [2.75, 3.05) is 14.2 Å². The number of ether oxygens (including phenoxy) is 9. The van der Waals surface area contributed by atoms with Gasteiger partial charge in [-0.15, -0.1) is 13.0 Å². The summed E-state index contributed by atoms with van der Waals surface area (Å²) >= 11 is 1.75. The zero-order valence-corrected chi connectivity index (χ0v) is 81.0. The van der Waals surface area contributed by atoms with Crippen molar-refractivity contribution in [3.63, 3.8) is 0 Å². The summed E-state index contributed by atoms with van der Waals surface area (Å²) in [5.74, 6) is 2.91. The van der Waals surface area contributed by atoms with Gasteiger partial charge in [-0.1, -0.05) is 143 Å². The summed E-state index contributed by atoms with van der Waals surface area (Å²) in [4.78, 5) is 39.6. The molecule has 0 aromatic heterocycles. The molecule has 6 N–H and O–H groups in total. The molecule has 0 saturated heterocycles. The van der Waals surface area contributed by atoms with Gasteiger partial charge >= 0.3 is 0 Å².